The van der Waals surface area contributed by atoms with Crippen LogP contribution in [0.4, 0.5) is 13.2 Å². The third kappa shape index (κ3) is 4.93. The van der Waals surface area contributed by atoms with E-state index in [2.05, 4.69) is 19.2 Å². The summed E-state index contributed by atoms with van der Waals surface area (Å²) in [6, 6.07) is 0.208. The lowest BCUT2D eigenvalue weighted by Gasteiger charge is -2.27. The van der Waals surface area contributed by atoms with Gasteiger partial charge in [0.15, 0.2) is 0 Å². The molecule has 1 saturated carbocycles. The van der Waals surface area contributed by atoms with Crippen LogP contribution < -0.4 is 10.6 Å². The highest BCUT2D eigenvalue weighted by atomic mass is 19.4. The summed E-state index contributed by atoms with van der Waals surface area (Å²) >= 11 is 0. The fourth-order valence-electron chi connectivity index (χ4n) is 2.18. The molecule has 2 N–H and O–H groups in total. The minimum atomic E-state index is -4.34. The van der Waals surface area contributed by atoms with E-state index < -0.39 is 18.6 Å². The first kappa shape index (κ1) is 14.3. The molecule has 0 aliphatic heterocycles. The Hall–Kier alpha value is -0.780. The van der Waals surface area contributed by atoms with Crippen LogP contribution >= 0.6 is 0 Å². The molecule has 0 aromatic rings. The van der Waals surface area contributed by atoms with Crippen molar-refractivity contribution < 1.29 is 18.0 Å². The molecule has 100 valence electrons. The van der Waals surface area contributed by atoms with Gasteiger partial charge >= 0.3 is 6.18 Å². The van der Waals surface area contributed by atoms with E-state index in [1.165, 1.54) is 0 Å². The molecule has 1 fully saturated rings. The maximum atomic E-state index is 11.8. The monoisotopic (exact) mass is 252 g/mol. The molecular formula is C11H19F3N2O. The first-order chi connectivity index (χ1) is 7.71. The first-order valence-corrected chi connectivity index (χ1v) is 5.77. The van der Waals surface area contributed by atoms with Crippen molar-refractivity contribution in [2.75, 3.05) is 13.1 Å². The fraction of sp³-hybridized carbons (Fsp3) is 0.909. The van der Waals surface area contributed by atoms with Crippen molar-refractivity contribution in [1.82, 2.24) is 10.6 Å². The summed E-state index contributed by atoms with van der Waals surface area (Å²) < 4.78 is 35.5. The van der Waals surface area contributed by atoms with E-state index in [0.717, 1.165) is 19.3 Å². The zero-order chi connectivity index (χ0) is 13.1. The number of hydrogen-bond acceptors (Lipinski definition) is 2. The quantitative estimate of drug-likeness (QED) is 0.801. The molecule has 0 aromatic heterocycles. The third-order valence-corrected chi connectivity index (χ3v) is 3.25. The largest absolute Gasteiger partial charge is 0.405 e. The van der Waals surface area contributed by atoms with Crippen molar-refractivity contribution in [3.8, 4) is 0 Å². The number of amides is 1. The second-order valence-electron chi connectivity index (χ2n) is 5.21. The summed E-state index contributed by atoms with van der Waals surface area (Å²) in [5.41, 5.74) is 0.115. The molecule has 0 bridgehead atoms. The van der Waals surface area contributed by atoms with Crippen molar-refractivity contribution in [2.24, 2.45) is 5.41 Å². The van der Waals surface area contributed by atoms with Crippen LogP contribution in [-0.4, -0.2) is 31.2 Å². The van der Waals surface area contributed by atoms with Gasteiger partial charge in [0.1, 0.15) is 6.54 Å². The Morgan fingerprint density at radius 1 is 1.41 bits per heavy atom. The van der Waals surface area contributed by atoms with Gasteiger partial charge < -0.3 is 10.6 Å². The van der Waals surface area contributed by atoms with E-state index in [1.807, 2.05) is 5.32 Å². The summed E-state index contributed by atoms with van der Waals surface area (Å²) in [5.74, 6) is -0.606. The van der Waals surface area contributed by atoms with Crippen LogP contribution in [0.1, 0.15) is 33.1 Å². The number of halogens is 3. The molecule has 1 rings (SSSR count). The van der Waals surface area contributed by atoms with Gasteiger partial charge in [-0.15, -0.1) is 0 Å². The second kappa shape index (κ2) is 5.25. The molecule has 0 aromatic carbocycles. The van der Waals surface area contributed by atoms with E-state index >= 15 is 0 Å². The van der Waals surface area contributed by atoms with Crippen LogP contribution in [0.5, 0.6) is 0 Å². The lowest BCUT2D eigenvalue weighted by molar-refractivity contribution is -0.138. The molecule has 3 nitrogen and oxygen atoms in total. The third-order valence-electron chi connectivity index (χ3n) is 3.25. The van der Waals surface area contributed by atoms with Crippen LogP contribution in [-0.2, 0) is 4.79 Å². The van der Waals surface area contributed by atoms with Gasteiger partial charge in [0, 0.05) is 6.04 Å². The highest BCUT2D eigenvalue weighted by Crippen LogP contribution is 2.36. The Morgan fingerprint density at radius 2 is 2.06 bits per heavy atom. The van der Waals surface area contributed by atoms with E-state index in [9.17, 15) is 18.0 Å². The van der Waals surface area contributed by atoms with Gasteiger partial charge in [-0.1, -0.05) is 20.3 Å². The maximum absolute atomic E-state index is 11.8. The van der Waals surface area contributed by atoms with Crippen LogP contribution in [0, 0.1) is 5.41 Å². The zero-order valence-corrected chi connectivity index (χ0v) is 10.2. The number of alkyl halides is 3. The number of rotatable bonds is 4. The molecule has 6 heteroatoms. The highest BCUT2D eigenvalue weighted by molar-refractivity contribution is 5.78. The average molecular weight is 252 g/mol. The van der Waals surface area contributed by atoms with Crippen molar-refractivity contribution in [3.63, 3.8) is 0 Å². The Balaban J connectivity index is 2.24. The average Bonchev–Trinajstić information content (AvgIpc) is 2.50. The molecule has 1 amide bonds. The summed E-state index contributed by atoms with van der Waals surface area (Å²) in [6.45, 7) is 2.89. The van der Waals surface area contributed by atoms with Gasteiger partial charge in [-0.2, -0.15) is 13.2 Å². The van der Waals surface area contributed by atoms with E-state index in [1.54, 1.807) is 0 Å². The fourth-order valence-corrected chi connectivity index (χ4v) is 2.18. The van der Waals surface area contributed by atoms with Gasteiger partial charge in [0.2, 0.25) is 5.91 Å². The van der Waals surface area contributed by atoms with Crippen LogP contribution in [0.15, 0.2) is 0 Å². The number of carbonyl (C=O) groups excluding carboxylic acids is 1. The van der Waals surface area contributed by atoms with Crippen LogP contribution in [0.3, 0.4) is 0 Å². The second-order valence-corrected chi connectivity index (χ2v) is 5.21. The van der Waals surface area contributed by atoms with Gasteiger partial charge in [-0.25, -0.2) is 0 Å². The zero-order valence-electron chi connectivity index (χ0n) is 10.2. The Bertz CT molecular complexity index is 276. The topological polar surface area (TPSA) is 41.1 Å². The Morgan fingerprint density at radius 3 is 2.53 bits per heavy atom. The van der Waals surface area contributed by atoms with Crippen molar-refractivity contribution in [2.45, 2.75) is 45.3 Å². The minimum absolute atomic E-state index is 0.0514. The molecule has 17 heavy (non-hydrogen) atoms. The SMILES string of the molecule is CC1(C)CCCC1NCC(=O)NCC(F)(F)F. The van der Waals surface area contributed by atoms with E-state index in [0.29, 0.717) is 0 Å². The molecule has 1 aliphatic carbocycles. The molecule has 0 saturated heterocycles. The Kier molecular flexibility index (Phi) is 4.41. The predicted molar refractivity (Wildman–Crippen MR) is 58.5 cm³/mol. The van der Waals surface area contributed by atoms with E-state index in [-0.39, 0.29) is 18.0 Å². The van der Waals surface area contributed by atoms with Crippen LogP contribution in [0.25, 0.3) is 0 Å². The number of hydrogen-bond donors (Lipinski definition) is 2. The summed E-state index contributed by atoms with van der Waals surface area (Å²) in [5, 5.41) is 4.88. The lowest BCUT2D eigenvalue weighted by atomic mass is 9.87. The molecular weight excluding hydrogens is 233 g/mol. The molecule has 0 spiro atoms. The van der Waals surface area contributed by atoms with Gasteiger partial charge in [0.25, 0.3) is 0 Å². The van der Waals surface area contributed by atoms with Crippen LogP contribution in [0.2, 0.25) is 0 Å². The van der Waals surface area contributed by atoms with Gasteiger partial charge in [0.05, 0.1) is 6.54 Å². The summed E-state index contributed by atoms with van der Waals surface area (Å²) in [6.07, 6.45) is -1.20. The normalized spacial score (nSPS) is 23.7. The summed E-state index contributed by atoms with van der Waals surface area (Å²) in [7, 11) is 0. The lowest BCUT2D eigenvalue weighted by Crippen LogP contribution is -2.45. The molecule has 0 radical (unpaired) electrons. The highest BCUT2D eigenvalue weighted by Gasteiger charge is 2.34. The molecule has 1 aliphatic rings. The standard InChI is InChI=1S/C11H19F3N2O/c1-10(2)5-3-4-8(10)15-6-9(17)16-7-11(12,13)14/h8,15H,3-7H2,1-2H3,(H,16,17). The smallest absolute Gasteiger partial charge is 0.346 e. The van der Waals surface area contributed by atoms with Crippen molar-refractivity contribution in [3.05, 3.63) is 0 Å². The number of carbonyl (C=O) groups is 1. The maximum Gasteiger partial charge on any atom is 0.405 e. The minimum Gasteiger partial charge on any atom is -0.346 e. The molecule has 1 unspecified atom stereocenters. The predicted octanol–water partition coefficient (Wildman–Crippen LogP) is 1.83. The molecule has 0 heterocycles. The van der Waals surface area contributed by atoms with Crippen molar-refractivity contribution in [1.29, 1.82) is 0 Å². The van der Waals surface area contributed by atoms with Gasteiger partial charge in [-0.05, 0) is 18.3 Å². The first-order valence-electron chi connectivity index (χ1n) is 5.77. The molecule has 1 atom stereocenters. The van der Waals surface area contributed by atoms with Gasteiger partial charge in [-0.3, -0.25) is 4.79 Å². The van der Waals surface area contributed by atoms with E-state index in [4.69, 9.17) is 0 Å². The van der Waals surface area contributed by atoms with Crippen molar-refractivity contribution >= 4 is 5.91 Å². The number of nitrogens with one attached hydrogen (secondary N) is 2. The Labute approximate surface area is 99.1 Å². The summed E-state index contributed by atoms with van der Waals surface area (Å²) in [4.78, 5) is 11.2.